The molecule has 0 N–H and O–H groups in total. The zero-order chi connectivity index (χ0) is 21.2. The zero-order valence-electron chi connectivity index (χ0n) is 17.4. The Morgan fingerprint density at radius 1 is 1.00 bits per heavy atom. The van der Waals surface area contributed by atoms with Crippen LogP contribution in [0.15, 0.2) is 18.2 Å². The molecule has 1 heterocycles. The van der Waals surface area contributed by atoms with Crippen molar-refractivity contribution >= 4 is 17.8 Å². The monoisotopic (exact) mass is 406 g/mol. The Bertz CT molecular complexity index is 715. The van der Waals surface area contributed by atoms with E-state index < -0.39 is 5.97 Å². The molecule has 0 bridgehead atoms. The van der Waals surface area contributed by atoms with Crippen LogP contribution in [0.25, 0.3) is 0 Å². The van der Waals surface area contributed by atoms with E-state index >= 15 is 0 Å². The van der Waals surface area contributed by atoms with Gasteiger partial charge in [-0.1, -0.05) is 0 Å². The first-order valence-corrected chi connectivity index (χ1v) is 10.0. The van der Waals surface area contributed by atoms with Gasteiger partial charge in [-0.3, -0.25) is 14.4 Å². The summed E-state index contributed by atoms with van der Waals surface area (Å²) in [6, 6.07) is 4.77. The van der Waals surface area contributed by atoms with Crippen molar-refractivity contribution in [3.63, 3.8) is 0 Å². The second-order valence-corrected chi connectivity index (χ2v) is 6.79. The summed E-state index contributed by atoms with van der Waals surface area (Å²) in [5.41, 5.74) is 0.356. The average molecular weight is 406 g/mol. The van der Waals surface area contributed by atoms with E-state index in [-0.39, 0.29) is 31.6 Å². The Labute approximate surface area is 171 Å². The van der Waals surface area contributed by atoms with E-state index in [1.165, 1.54) is 11.9 Å². The van der Waals surface area contributed by atoms with Crippen LogP contribution in [0.2, 0.25) is 0 Å². The van der Waals surface area contributed by atoms with E-state index in [1.807, 2.05) is 11.8 Å². The van der Waals surface area contributed by atoms with E-state index in [9.17, 15) is 14.4 Å². The van der Waals surface area contributed by atoms with Crippen LogP contribution in [0, 0.1) is 0 Å². The summed E-state index contributed by atoms with van der Waals surface area (Å²) in [5.74, 6) is -0.0721. The van der Waals surface area contributed by atoms with Gasteiger partial charge >= 0.3 is 5.97 Å². The third kappa shape index (κ3) is 6.66. The molecule has 1 aromatic rings. The van der Waals surface area contributed by atoms with E-state index in [4.69, 9.17) is 14.2 Å². The maximum absolute atomic E-state index is 12.6. The minimum absolute atomic E-state index is 0.0542. The second kappa shape index (κ2) is 11.3. The largest absolute Gasteiger partial charge is 0.490 e. The van der Waals surface area contributed by atoms with Crippen molar-refractivity contribution < 1.29 is 28.6 Å². The molecule has 0 unspecified atom stereocenters. The first-order valence-electron chi connectivity index (χ1n) is 10.0. The number of likely N-dealkylation sites (N-methyl/N-ethyl adjacent to an activating group) is 1. The fraction of sp³-hybridized carbons (Fsp3) is 0.571. The van der Waals surface area contributed by atoms with E-state index in [1.54, 1.807) is 25.1 Å². The van der Waals surface area contributed by atoms with Crippen molar-refractivity contribution in [3.8, 4) is 11.5 Å². The fourth-order valence-electron chi connectivity index (χ4n) is 3.10. The van der Waals surface area contributed by atoms with Gasteiger partial charge in [-0.25, -0.2) is 0 Å². The van der Waals surface area contributed by atoms with Crippen LogP contribution in [0.3, 0.4) is 0 Å². The quantitative estimate of drug-likeness (QED) is 0.584. The number of amides is 2. The van der Waals surface area contributed by atoms with Crippen LogP contribution in [0.5, 0.6) is 11.5 Å². The molecule has 1 saturated heterocycles. The predicted octanol–water partition coefficient (Wildman–Crippen LogP) is 2.11. The van der Waals surface area contributed by atoms with Gasteiger partial charge in [0.25, 0.3) is 11.8 Å². The summed E-state index contributed by atoms with van der Waals surface area (Å²) >= 11 is 0. The number of piperidine rings is 1. The van der Waals surface area contributed by atoms with Gasteiger partial charge in [-0.15, -0.1) is 0 Å². The highest BCUT2D eigenvalue weighted by molar-refractivity contribution is 5.96. The molecule has 2 amide bonds. The van der Waals surface area contributed by atoms with Gasteiger partial charge in [0, 0.05) is 25.7 Å². The number of nitrogens with zero attached hydrogens (tertiary/aromatic N) is 2. The van der Waals surface area contributed by atoms with Crippen molar-refractivity contribution in [2.45, 2.75) is 33.1 Å². The maximum atomic E-state index is 12.6. The van der Waals surface area contributed by atoms with Crippen LogP contribution in [0.1, 0.15) is 43.5 Å². The predicted molar refractivity (Wildman–Crippen MR) is 107 cm³/mol. The van der Waals surface area contributed by atoms with Crippen molar-refractivity contribution in [1.82, 2.24) is 9.80 Å². The summed E-state index contributed by atoms with van der Waals surface area (Å²) in [6.07, 6.45) is 3.19. The maximum Gasteiger partial charge on any atom is 0.325 e. The van der Waals surface area contributed by atoms with Crippen LogP contribution in [0.4, 0.5) is 0 Å². The topological polar surface area (TPSA) is 85.4 Å². The minimum Gasteiger partial charge on any atom is -0.490 e. The molecule has 1 aromatic carbocycles. The smallest absolute Gasteiger partial charge is 0.325 e. The number of ether oxygens (including phenoxy) is 3. The number of hydrogen-bond donors (Lipinski definition) is 0. The molecule has 29 heavy (non-hydrogen) atoms. The highest BCUT2D eigenvalue weighted by Gasteiger charge is 2.20. The van der Waals surface area contributed by atoms with Crippen molar-refractivity contribution in [1.29, 1.82) is 0 Å². The molecule has 1 aliphatic rings. The number of rotatable bonds is 9. The van der Waals surface area contributed by atoms with Gasteiger partial charge in [0.15, 0.2) is 18.1 Å². The van der Waals surface area contributed by atoms with Crippen LogP contribution < -0.4 is 9.47 Å². The molecular formula is C21H30N2O6. The molecule has 0 aromatic heterocycles. The molecule has 0 atom stereocenters. The standard InChI is InChI=1S/C21H30N2O6/c1-4-27-18-13-16(21(26)22(3)14-20(25)28-5-2)9-10-17(18)29-15-19(24)23-11-7-6-8-12-23/h9-10,13H,4-8,11-12,14-15H2,1-3H3. The highest BCUT2D eigenvalue weighted by atomic mass is 16.5. The Hall–Kier alpha value is -2.77. The molecule has 0 spiro atoms. The molecule has 1 fully saturated rings. The summed E-state index contributed by atoms with van der Waals surface area (Å²) in [6.45, 7) is 5.49. The van der Waals surface area contributed by atoms with Crippen LogP contribution in [-0.4, -0.2) is 74.1 Å². The van der Waals surface area contributed by atoms with Crippen molar-refractivity contribution in [3.05, 3.63) is 23.8 Å². The third-order valence-corrected chi connectivity index (χ3v) is 4.57. The van der Waals surface area contributed by atoms with Crippen LogP contribution in [-0.2, 0) is 14.3 Å². The summed E-state index contributed by atoms with van der Waals surface area (Å²) in [4.78, 5) is 39.6. The Balaban J connectivity index is 2.04. The lowest BCUT2D eigenvalue weighted by Gasteiger charge is -2.26. The van der Waals surface area contributed by atoms with Gasteiger partial charge in [-0.2, -0.15) is 0 Å². The Morgan fingerprint density at radius 2 is 1.72 bits per heavy atom. The first-order chi connectivity index (χ1) is 14.0. The molecule has 8 heteroatoms. The number of carbonyl (C=O) groups excluding carboxylic acids is 3. The Morgan fingerprint density at radius 3 is 2.38 bits per heavy atom. The molecule has 8 nitrogen and oxygen atoms in total. The van der Waals surface area contributed by atoms with Crippen molar-refractivity contribution in [2.75, 3.05) is 46.5 Å². The van der Waals surface area contributed by atoms with Gasteiger partial charge < -0.3 is 24.0 Å². The lowest BCUT2D eigenvalue weighted by molar-refractivity contribution is -0.143. The van der Waals surface area contributed by atoms with Gasteiger partial charge in [0.2, 0.25) is 0 Å². The molecular weight excluding hydrogens is 376 g/mol. The minimum atomic E-state index is -0.468. The van der Waals surface area contributed by atoms with Gasteiger partial charge in [-0.05, 0) is 51.3 Å². The summed E-state index contributed by atoms with van der Waals surface area (Å²) in [5, 5.41) is 0. The molecule has 0 saturated carbocycles. The lowest BCUT2D eigenvalue weighted by atomic mass is 10.1. The third-order valence-electron chi connectivity index (χ3n) is 4.57. The zero-order valence-corrected chi connectivity index (χ0v) is 17.4. The Kier molecular flexibility index (Phi) is 8.76. The number of benzene rings is 1. The molecule has 160 valence electrons. The number of esters is 1. The first kappa shape index (κ1) is 22.5. The normalized spacial score (nSPS) is 13.6. The SMILES string of the molecule is CCOC(=O)CN(C)C(=O)c1ccc(OCC(=O)N2CCCCC2)c(OCC)c1. The van der Waals surface area contributed by atoms with E-state index in [2.05, 4.69) is 0 Å². The molecule has 1 aliphatic heterocycles. The van der Waals surface area contributed by atoms with E-state index in [0.717, 1.165) is 32.4 Å². The fourth-order valence-corrected chi connectivity index (χ4v) is 3.10. The summed E-state index contributed by atoms with van der Waals surface area (Å²) in [7, 11) is 1.53. The molecule has 0 aliphatic carbocycles. The number of carbonyl (C=O) groups is 3. The van der Waals surface area contributed by atoms with Crippen LogP contribution >= 0.6 is 0 Å². The van der Waals surface area contributed by atoms with Crippen molar-refractivity contribution in [2.24, 2.45) is 0 Å². The van der Waals surface area contributed by atoms with Gasteiger partial charge in [0.05, 0.1) is 13.2 Å². The lowest BCUT2D eigenvalue weighted by Crippen LogP contribution is -2.38. The van der Waals surface area contributed by atoms with E-state index in [0.29, 0.717) is 23.7 Å². The highest BCUT2D eigenvalue weighted by Crippen LogP contribution is 2.29. The molecule has 2 rings (SSSR count). The van der Waals surface area contributed by atoms with Gasteiger partial charge in [0.1, 0.15) is 6.54 Å². The second-order valence-electron chi connectivity index (χ2n) is 6.79. The molecule has 0 radical (unpaired) electrons. The number of hydrogen-bond acceptors (Lipinski definition) is 6. The number of likely N-dealkylation sites (tertiary alicyclic amines) is 1. The average Bonchev–Trinajstić information content (AvgIpc) is 2.73. The summed E-state index contributed by atoms with van der Waals surface area (Å²) < 4.78 is 16.1.